The first-order chi connectivity index (χ1) is 14.9. The number of alkyl halides is 3. The molecule has 2 rings (SSSR count). The molecule has 0 aromatic heterocycles. The van der Waals surface area contributed by atoms with E-state index in [9.17, 15) is 37.8 Å². The summed E-state index contributed by atoms with van der Waals surface area (Å²) in [5.41, 5.74) is -1.18. The smallest absolute Gasteiger partial charge is 0.416 e. The summed E-state index contributed by atoms with van der Waals surface area (Å²) in [6.45, 7) is 2.84. The summed E-state index contributed by atoms with van der Waals surface area (Å²) < 4.78 is 38.4. The summed E-state index contributed by atoms with van der Waals surface area (Å²) in [5.74, 6) is -1.73. The molecule has 0 saturated heterocycles. The van der Waals surface area contributed by atoms with Crippen molar-refractivity contribution >= 4 is 17.9 Å². The summed E-state index contributed by atoms with van der Waals surface area (Å²) in [5, 5.41) is 24.2. The summed E-state index contributed by atoms with van der Waals surface area (Å²) in [7, 11) is 0. The number of carboxylic acid groups (broad SMARTS) is 1. The van der Waals surface area contributed by atoms with Gasteiger partial charge in [0.2, 0.25) is 5.91 Å². The van der Waals surface area contributed by atoms with Crippen LogP contribution in [0.25, 0.3) is 0 Å². The topological polar surface area (TPSA) is 119 Å². The van der Waals surface area contributed by atoms with Gasteiger partial charge in [-0.25, -0.2) is 4.79 Å². The van der Waals surface area contributed by atoms with E-state index >= 15 is 0 Å². The second kappa shape index (κ2) is 10.7. The van der Waals surface area contributed by atoms with Crippen LogP contribution in [0.3, 0.4) is 0 Å². The number of carbonyl (C=O) groups is 3. The highest BCUT2D eigenvalue weighted by Gasteiger charge is 2.36. The van der Waals surface area contributed by atoms with Crippen molar-refractivity contribution in [1.82, 2.24) is 15.5 Å². The van der Waals surface area contributed by atoms with E-state index in [2.05, 4.69) is 10.6 Å². The van der Waals surface area contributed by atoms with Crippen LogP contribution < -0.4 is 10.6 Å². The van der Waals surface area contributed by atoms with Crippen LogP contribution in [-0.4, -0.2) is 64.3 Å². The maximum Gasteiger partial charge on any atom is 0.416 e. The Morgan fingerprint density at radius 2 is 1.91 bits per heavy atom. The molecule has 0 aliphatic heterocycles. The van der Waals surface area contributed by atoms with Crippen molar-refractivity contribution < 1.29 is 37.8 Å². The molecule has 11 heteroatoms. The third-order valence-electron chi connectivity index (χ3n) is 5.57. The van der Waals surface area contributed by atoms with Crippen LogP contribution in [0.2, 0.25) is 0 Å². The van der Waals surface area contributed by atoms with Gasteiger partial charge in [0, 0.05) is 36.2 Å². The van der Waals surface area contributed by atoms with Crippen LogP contribution in [0.5, 0.6) is 0 Å². The standard InChI is InChI=1S/C21H28F3N3O5/c1-12(2)27(20(31)32)16-6-7-17(14(9-16)11-28)26-18(29)10-25-19(30)13-4-3-5-15(8-13)21(22,23)24/h3-5,8,12,14,16-17,28H,6-7,9-11H2,1-2H3,(H,25,30)(H,26,29)(H,31,32)/t14-,16+,17-/m0/s1. The van der Waals surface area contributed by atoms with E-state index < -0.39 is 42.2 Å². The Labute approximate surface area is 183 Å². The lowest BCUT2D eigenvalue weighted by Crippen LogP contribution is -2.53. The molecular formula is C21H28F3N3O5. The molecule has 1 aliphatic rings. The second-order valence-corrected chi connectivity index (χ2v) is 8.13. The molecule has 1 aromatic carbocycles. The third-order valence-corrected chi connectivity index (χ3v) is 5.57. The zero-order valence-corrected chi connectivity index (χ0v) is 17.9. The highest BCUT2D eigenvalue weighted by molar-refractivity contribution is 5.96. The number of rotatable bonds is 7. The van der Waals surface area contributed by atoms with Gasteiger partial charge in [-0.05, 0) is 51.3 Å². The molecule has 3 atom stereocenters. The molecule has 0 unspecified atom stereocenters. The fraction of sp³-hybridized carbons (Fsp3) is 0.571. The van der Waals surface area contributed by atoms with E-state index in [4.69, 9.17) is 0 Å². The maximum absolute atomic E-state index is 12.8. The quantitative estimate of drug-likeness (QED) is 0.500. The number of hydrogen-bond acceptors (Lipinski definition) is 4. The zero-order chi connectivity index (χ0) is 24.1. The largest absolute Gasteiger partial charge is 0.465 e. The molecule has 32 heavy (non-hydrogen) atoms. The Morgan fingerprint density at radius 3 is 2.47 bits per heavy atom. The van der Waals surface area contributed by atoms with Gasteiger partial charge in [0.1, 0.15) is 0 Å². The molecule has 1 saturated carbocycles. The van der Waals surface area contributed by atoms with E-state index in [0.29, 0.717) is 25.3 Å². The lowest BCUT2D eigenvalue weighted by molar-refractivity contribution is -0.137. The zero-order valence-electron chi connectivity index (χ0n) is 17.9. The highest BCUT2D eigenvalue weighted by Crippen LogP contribution is 2.30. The van der Waals surface area contributed by atoms with Gasteiger partial charge < -0.3 is 25.7 Å². The number of nitrogens with one attached hydrogen (secondary N) is 2. The minimum absolute atomic E-state index is 0.219. The van der Waals surface area contributed by atoms with Gasteiger partial charge in [0.05, 0.1) is 12.1 Å². The third kappa shape index (κ3) is 6.59. The van der Waals surface area contributed by atoms with Crippen LogP contribution in [0.4, 0.5) is 18.0 Å². The number of carbonyl (C=O) groups excluding carboxylic acids is 2. The Hall–Kier alpha value is -2.82. The van der Waals surface area contributed by atoms with E-state index in [-0.39, 0.29) is 30.2 Å². The van der Waals surface area contributed by atoms with Crippen molar-refractivity contribution in [3.8, 4) is 0 Å². The van der Waals surface area contributed by atoms with E-state index in [1.165, 1.54) is 11.0 Å². The normalized spacial score (nSPS) is 21.2. The first-order valence-corrected chi connectivity index (χ1v) is 10.3. The minimum Gasteiger partial charge on any atom is -0.465 e. The lowest BCUT2D eigenvalue weighted by Gasteiger charge is -2.41. The summed E-state index contributed by atoms with van der Waals surface area (Å²) in [6, 6.07) is 2.97. The van der Waals surface area contributed by atoms with Crippen molar-refractivity contribution in [3.63, 3.8) is 0 Å². The molecule has 0 heterocycles. The summed E-state index contributed by atoms with van der Waals surface area (Å²) in [6.07, 6.45) is -4.30. The Balaban J connectivity index is 1.91. The first-order valence-electron chi connectivity index (χ1n) is 10.3. The summed E-state index contributed by atoms with van der Waals surface area (Å²) >= 11 is 0. The van der Waals surface area contributed by atoms with Gasteiger partial charge in [0.25, 0.3) is 5.91 Å². The maximum atomic E-state index is 12.8. The van der Waals surface area contributed by atoms with Crippen molar-refractivity contribution in [2.75, 3.05) is 13.2 Å². The highest BCUT2D eigenvalue weighted by atomic mass is 19.4. The number of amides is 3. The van der Waals surface area contributed by atoms with Crippen molar-refractivity contribution in [3.05, 3.63) is 35.4 Å². The number of aliphatic hydroxyl groups excluding tert-OH is 1. The molecule has 1 aliphatic carbocycles. The predicted molar refractivity (Wildman–Crippen MR) is 109 cm³/mol. The van der Waals surface area contributed by atoms with Crippen LogP contribution in [0.15, 0.2) is 24.3 Å². The SMILES string of the molecule is CC(C)N(C(=O)O)[C@@H]1CC[C@H](NC(=O)CNC(=O)c2cccc(C(F)(F)F)c2)[C@H](CO)C1. The number of hydrogen-bond donors (Lipinski definition) is 4. The summed E-state index contributed by atoms with van der Waals surface area (Å²) in [4.78, 5) is 37.3. The number of nitrogens with zero attached hydrogens (tertiary/aromatic N) is 1. The average Bonchev–Trinajstić information content (AvgIpc) is 2.72. The van der Waals surface area contributed by atoms with Gasteiger partial charge >= 0.3 is 12.3 Å². The van der Waals surface area contributed by atoms with Gasteiger partial charge in [-0.1, -0.05) is 6.07 Å². The minimum atomic E-state index is -4.59. The molecule has 0 spiro atoms. The Morgan fingerprint density at radius 1 is 1.22 bits per heavy atom. The molecule has 8 nitrogen and oxygen atoms in total. The fourth-order valence-corrected chi connectivity index (χ4v) is 4.04. The molecule has 4 N–H and O–H groups in total. The van der Waals surface area contributed by atoms with E-state index in [1.54, 1.807) is 13.8 Å². The Kier molecular flexibility index (Phi) is 8.48. The lowest BCUT2D eigenvalue weighted by atomic mass is 9.81. The van der Waals surface area contributed by atoms with Crippen LogP contribution in [0.1, 0.15) is 49.0 Å². The van der Waals surface area contributed by atoms with Gasteiger partial charge in [-0.2, -0.15) is 13.2 Å². The first kappa shape index (κ1) is 25.4. The molecular weight excluding hydrogens is 431 g/mol. The van der Waals surface area contributed by atoms with Crippen molar-refractivity contribution in [1.29, 1.82) is 0 Å². The number of halogens is 3. The van der Waals surface area contributed by atoms with Gasteiger partial charge in [-0.3, -0.25) is 9.59 Å². The molecule has 178 valence electrons. The van der Waals surface area contributed by atoms with Crippen LogP contribution >= 0.6 is 0 Å². The molecule has 3 amide bonds. The van der Waals surface area contributed by atoms with E-state index in [0.717, 1.165) is 12.1 Å². The Bertz CT molecular complexity index is 831. The predicted octanol–water partition coefficient (Wildman–Crippen LogP) is 2.47. The van der Waals surface area contributed by atoms with Crippen molar-refractivity contribution in [2.45, 2.75) is 57.4 Å². The monoisotopic (exact) mass is 459 g/mol. The second-order valence-electron chi connectivity index (χ2n) is 8.13. The van der Waals surface area contributed by atoms with Crippen molar-refractivity contribution in [2.24, 2.45) is 5.92 Å². The molecule has 0 radical (unpaired) electrons. The van der Waals surface area contributed by atoms with E-state index in [1.807, 2.05) is 0 Å². The van der Waals surface area contributed by atoms with Gasteiger partial charge in [-0.15, -0.1) is 0 Å². The molecule has 1 fully saturated rings. The average molecular weight is 459 g/mol. The van der Waals surface area contributed by atoms with Crippen LogP contribution in [-0.2, 0) is 11.0 Å². The van der Waals surface area contributed by atoms with Gasteiger partial charge in [0.15, 0.2) is 0 Å². The number of benzene rings is 1. The van der Waals surface area contributed by atoms with Crippen LogP contribution in [0, 0.1) is 5.92 Å². The number of aliphatic hydroxyl groups is 1. The molecule has 1 aromatic rings. The molecule has 0 bridgehead atoms. The fourth-order valence-electron chi connectivity index (χ4n) is 4.04.